The first-order valence-electron chi connectivity index (χ1n) is 12.3. The Morgan fingerprint density at radius 3 is 2.67 bits per heavy atom. The minimum atomic E-state index is -1.25. The molecule has 0 bridgehead atoms. The number of rotatable bonds is 8. The lowest BCUT2D eigenvalue weighted by atomic mass is 9.99. The van der Waals surface area contributed by atoms with Crippen LogP contribution in [0.5, 0.6) is 5.75 Å². The highest BCUT2D eigenvalue weighted by Gasteiger charge is 2.51. The van der Waals surface area contributed by atoms with Crippen molar-refractivity contribution in [2.75, 3.05) is 5.73 Å². The smallest absolute Gasteiger partial charge is 0.329 e. The Labute approximate surface area is 228 Å². The molecule has 0 saturated heterocycles. The number of nitrogens with zero attached hydrogens (tertiary/aromatic N) is 4. The average molecular weight is 553 g/mol. The number of ether oxygens (including phenoxy) is 1. The van der Waals surface area contributed by atoms with Crippen molar-refractivity contribution >= 4 is 34.8 Å². The molecule has 0 unspecified atom stereocenters. The second kappa shape index (κ2) is 9.81. The van der Waals surface area contributed by atoms with Gasteiger partial charge in [0.15, 0.2) is 5.82 Å². The van der Waals surface area contributed by atoms with E-state index in [1.165, 1.54) is 24.4 Å². The van der Waals surface area contributed by atoms with E-state index in [0.717, 1.165) is 0 Å². The van der Waals surface area contributed by atoms with E-state index in [4.69, 9.17) is 22.1 Å². The number of carbonyl (C=O) groups excluding carboxylic acids is 1. The molecule has 202 valence electrons. The van der Waals surface area contributed by atoms with Crippen LogP contribution in [0.3, 0.4) is 0 Å². The van der Waals surface area contributed by atoms with E-state index in [2.05, 4.69) is 20.3 Å². The molecule has 10 nitrogen and oxygen atoms in total. The maximum Gasteiger partial charge on any atom is 0.329 e. The number of nitrogens with one attached hydrogen (secondary N) is 1. The molecule has 1 saturated carbocycles. The first-order chi connectivity index (χ1) is 18.5. The SMILES string of the molecule is Cc1nc(Cc2cc(Cl)c(F)c(-c3ccc(C(=O)NC4(C(=O)O)CC4)nc3)c2OC(C)C)n2ccnc(N)c12. The van der Waals surface area contributed by atoms with Crippen LogP contribution in [0.25, 0.3) is 16.6 Å². The molecule has 1 aromatic carbocycles. The number of hydrogen-bond donors (Lipinski definition) is 3. The van der Waals surface area contributed by atoms with Gasteiger partial charge in [-0.25, -0.2) is 19.2 Å². The zero-order valence-electron chi connectivity index (χ0n) is 21.5. The minimum Gasteiger partial charge on any atom is -0.490 e. The van der Waals surface area contributed by atoms with Crippen LogP contribution in [-0.2, 0) is 11.2 Å². The Balaban J connectivity index is 1.55. The molecule has 3 aromatic heterocycles. The summed E-state index contributed by atoms with van der Waals surface area (Å²) in [6, 6.07) is 4.44. The van der Waals surface area contributed by atoms with Crippen molar-refractivity contribution < 1.29 is 23.8 Å². The highest BCUT2D eigenvalue weighted by atomic mass is 35.5. The van der Waals surface area contributed by atoms with Crippen LogP contribution >= 0.6 is 11.6 Å². The number of carboxylic acids is 1. The number of anilines is 1. The van der Waals surface area contributed by atoms with Gasteiger partial charge in [-0.3, -0.25) is 14.2 Å². The van der Waals surface area contributed by atoms with E-state index < -0.39 is 23.2 Å². The number of pyridine rings is 1. The summed E-state index contributed by atoms with van der Waals surface area (Å²) in [6.07, 6.45) is 5.32. The number of halogens is 2. The second-order valence-electron chi connectivity index (χ2n) is 9.80. The number of aromatic nitrogens is 4. The van der Waals surface area contributed by atoms with Gasteiger partial charge in [0.25, 0.3) is 5.91 Å². The van der Waals surface area contributed by atoms with Crippen LogP contribution in [0.2, 0.25) is 5.02 Å². The second-order valence-corrected chi connectivity index (χ2v) is 10.2. The van der Waals surface area contributed by atoms with Gasteiger partial charge in [-0.1, -0.05) is 17.7 Å². The molecule has 4 N–H and O–H groups in total. The third-order valence-corrected chi connectivity index (χ3v) is 6.85. The van der Waals surface area contributed by atoms with Crippen molar-refractivity contribution in [2.24, 2.45) is 0 Å². The van der Waals surface area contributed by atoms with Gasteiger partial charge in [-0.05, 0) is 45.7 Å². The molecular weight excluding hydrogens is 527 g/mol. The zero-order chi connectivity index (χ0) is 28.1. The van der Waals surface area contributed by atoms with Crippen LogP contribution in [0, 0.1) is 12.7 Å². The summed E-state index contributed by atoms with van der Waals surface area (Å²) in [5.74, 6) is -1.16. The summed E-state index contributed by atoms with van der Waals surface area (Å²) in [4.78, 5) is 37.0. The number of nitrogen functional groups attached to an aromatic ring is 1. The van der Waals surface area contributed by atoms with Gasteiger partial charge < -0.3 is 20.9 Å². The normalized spacial score (nSPS) is 14.0. The number of benzene rings is 1. The fourth-order valence-electron chi connectivity index (χ4n) is 4.51. The van der Waals surface area contributed by atoms with Gasteiger partial charge in [-0.2, -0.15) is 0 Å². The molecule has 3 heterocycles. The number of fused-ring (bicyclic) bond motifs is 1. The van der Waals surface area contributed by atoms with Crippen molar-refractivity contribution in [2.45, 2.75) is 51.7 Å². The van der Waals surface area contributed by atoms with Crippen molar-refractivity contribution in [3.63, 3.8) is 0 Å². The molecule has 5 rings (SSSR count). The Morgan fingerprint density at radius 2 is 2.05 bits per heavy atom. The first kappa shape index (κ1) is 26.4. The van der Waals surface area contributed by atoms with E-state index >= 15 is 4.39 Å². The van der Waals surface area contributed by atoms with Crippen molar-refractivity contribution in [3.05, 3.63) is 70.4 Å². The lowest BCUT2D eigenvalue weighted by Crippen LogP contribution is -2.43. The van der Waals surface area contributed by atoms with Gasteiger partial charge in [0.2, 0.25) is 0 Å². The van der Waals surface area contributed by atoms with E-state index in [0.29, 0.717) is 46.8 Å². The first-order valence-corrected chi connectivity index (χ1v) is 12.7. The minimum absolute atomic E-state index is 0.00536. The number of imidazole rings is 1. The number of aryl methyl sites for hydroxylation is 1. The maximum absolute atomic E-state index is 15.6. The summed E-state index contributed by atoms with van der Waals surface area (Å²) >= 11 is 6.36. The Kier molecular flexibility index (Phi) is 6.63. The molecule has 1 aliphatic rings. The molecule has 39 heavy (non-hydrogen) atoms. The molecule has 0 aliphatic heterocycles. The molecule has 1 fully saturated rings. The molecule has 0 atom stereocenters. The fourth-order valence-corrected chi connectivity index (χ4v) is 4.73. The molecular formula is C27H26ClFN6O4. The lowest BCUT2D eigenvalue weighted by Gasteiger charge is -2.20. The quantitative estimate of drug-likeness (QED) is 0.295. The Morgan fingerprint density at radius 1 is 1.31 bits per heavy atom. The summed E-state index contributed by atoms with van der Waals surface area (Å²) in [5.41, 5.74) is 7.21. The van der Waals surface area contributed by atoms with Crippen molar-refractivity contribution in [3.8, 4) is 16.9 Å². The van der Waals surface area contributed by atoms with Gasteiger partial charge in [0.05, 0.1) is 22.4 Å². The summed E-state index contributed by atoms with van der Waals surface area (Å²) in [5, 5.41) is 11.7. The Hall–Kier alpha value is -4.25. The zero-order valence-corrected chi connectivity index (χ0v) is 22.2. The van der Waals surface area contributed by atoms with Crippen molar-refractivity contribution in [1.82, 2.24) is 24.7 Å². The van der Waals surface area contributed by atoms with Crippen LogP contribution in [0.15, 0.2) is 36.8 Å². The highest BCUT2D eigenvalue weighted by Crippen LogP contribution is 2.41. The molecule has 12 heteroatoms. The molecule has 0 radical (unpaired) electrons. The standard InChI is InChI=1S/C27H26ClFN6O4/c1-13(2)39-23-16(11-19-33-14(3)22-24(30)31-8-9-35(19)22)10-17(28)21(29)20(23)15-4-5-18(32-12-15)25(36)34-27(6-7-27)26(37)38/h4-5,8-10,12-13H,6-7,11H2,1-3H3,(H2,30,31)(H,34,36)(H,37,38). The third-order valence-electron chi connectivity index (χ3n) is 6.58. The largest absolute Gasteiger partial charge is 0.490 e. The summed E-state index contributed by atoms with van der Waals surface area (Å²) in [7, 11) is 0. The predicted molar refractivity (Wildman–Crippen MR) is 142 cm³/mol. The summed E-state index contributed by atoms with van der Waals surface area (Å²) in [6.45, 7) is 5.48. The molecule has 0 spiro atoms. The van der Waals surface area contributed by atoms with Crippen LogP contribution in [-0.4, -0.2) is 48.0 Å². The number of nitrogens with two attached hydrogens (primary N) is 1. The van der Waals surface area contributed by atoms with Gasteiger partial charge in [-0.15, -0.1) is 0 Å². The molecule has 4 aromatic rings. The predicted octanol–water partition coefficient (Wildman–Crippen LogP) is 4.20. The van der Waals surface area contributed by atoms with Crippen LogP contribution < -0.4 is 15.8 Å². The molecule has 1 amide bonds. The number of amides is 1. The van der Waals surface area contributed by atoms with E-state index in [1.54, 1.807) is 12.4 Å². The number of carbonyl (C=O) groups is 2. The number of aliphatic carboxylic acids is 1. The van der Waals surface area contributed by atoms with E-state index in [9.17, 15) is 14.7 Å². The van der Waals surface area contributed by atoms with Gasteiger partial charge >= 0.3 is 5.97 Å². The number of carboxylic acid groups (broad SMARTS) is 1. The fraction of sp³-hybridized carbons (Fsp3) is 0.296. The average Bonchev–Trinajstić information content (AvgIpc) is 3.60. The van der Waals surface area contributed by atoms with Gasteiger partial charge in [0, 0.05) is 36.1 Å². The molecule has 1 aliphatic carbocycles. The maximum atomic E-state index is 15.6. The topological polar surface area (TPSA) is 145 Å². The van der Waals surface area contributed by atoms with Gasteiger partial charge in [0.1, 0.15) is 34.1 Å². The van der Waals surface area contributed by atoms with Crippen molar-refractivity contribution in [1.29, 1.82) is 0 Å². The van der Waals surface area contributed by atoms with E-state index in [-0.39, 0.29) is 34.6 Å². The monoisotopic (exact) mass is 552 g/mol. The lowest BCUT2D eigenvalue weighted by molar-refractivity contribution is -0.140. The Bertz CT molecular complexity index is 1620. The summed E-state index contributed by atoms with van der Waals surface area (Å²) < 4.78 is 23.5. The highest BCUT2D eigenvalue weighted by molar-refractivity contribution is 6.31. The van der Waals surface area contributed by atoms with Crippen LogP contribution in [0.1, 0.15) is 54.3 Å². The third kappa shape index (κ3) is 4.85. The number of hydrogen-bond acceptors (Lipinski definition) is 7. The van der Waals surface area contributed by atoms with E-state index in [1.807, 2.05) is 25.2 Å². The van der Waals surface area contributed by atoms with Crippen LogP contribution in [0.4, 0.5) is 10.2 Å².